The summed E-state index contributed by atoms with van der Waals surface area (Å²) in [5.74, 6) is -1.68. The summed E-state index contributed by atoms with van der Waals surface area (Å²) in [6.45, 7) is 0. The van der Waals surface area contributed by atoms with Crippen molar-refractivity contribution in [1.29, 1.82) is 0 Å². The highest BCUT2D eigenvalue weighted by atomic mass is 16.2. The number of nitrogens with one attached hydrogen (secondary N) is 1. The van der Waals surface area contributed by atoms with E-state index in [1.807, 2.05) is 0 Å². The molecular formula is C17H15N5O3. The summed E-state index contributed by atoms with van der Waals surface area (Å²) in [6, 6.07) is 11.1. The SMILES string of the molecule is NC(N)=NC(N)C(=O)Nc1cccc2c1C(=O)c1ccccc1C2=O. The number of guanidine groups is 1. The normalized spacial score (nSPS) is 13.5. The number of carbonyl (C=O) groups is 3. The number of anilines is 1. The summed E-state index contributed by atoms with van der Waals surface area (Å²) >= 11 is 0. The number of ketones is 2. The maximum atomic E-state index is 12.8. The Bertz CT molecular complexity index is 932. The van der Waals surface area contributed by atoms with Crippen LogP contribution in [0.3, 0.4) is 0 Å². The Morgan fingerprint density at radius 2 is 1.52 bits per heavy atom. The molecule has 0 spiro atoms. The number of amides is 1. The van der Waals surface area contributed by atoms with Crippen LogP contribution in [0.25, 0.3) is 0 Å². The fraction of sp³-hybridized carbons (Fsp3) is 0.0588. The van der Waals surface area contributed by atoms with Gasteiger partial charge in [-0.3, -0.25) is 14.4 Å². The second-order valence-electron chi connectivity index (χ2n) is 5.42. The van der Waals surface area contributed by atoms with Gasteiger partial charge in [0.05, 0.1) is 11.3 Å². The number of benzene rings is 2. The standard InChI is InChI=1S/C17H15N5O3/c18-15(22-17(19)20)16(25)21-11-7-3-6-10-12(11)14(24)9-5-2-1-4-8(9)13(10)23/h1-7,15H,18H2,(H,21,25)(H4,19,20,22). The fourth-order valence-electron chi connectivity index (χ4n) is 2.68. The summed E-state index contributed by atoms with van der Waals surface area (Å²) in [5, 5.41) is 2.50. The van der Waals surface area contributed by atoms with Crippen LogP contribution in [0.1, 0.15) is 31.8 Å². The second-order valence-corrected chi connectivity index (χ2v) is 5.42. The second kappa shape index (κ2) is 6.17. The van der Waals surface area contributed by atoms with Gasteiger partial charge in [0.1, 0.15) is 0 Å². The quantitative estimate of drug-likeness (QED) is 0.388. The van der Waals surface area contributed by atoms with Crippen LogP contribution in [0, 0.1) is 0 Å². The van der Waals surface area contributed by atoms with Crippen molar-refractivity contribution in [2.45, 2.75) is 6.17 Å². The summed E-state index contributed by atoms with van der Waals surface area (Å²) < 4.78 is 0. The Morgan fingerprint density at radius 3 is 2.16 bits per heavy atom. The van der Waals surface area contributed by atoms with Crippen molar-refractivity contribution in [3.05, 3.63) is 64.7 Å². The van der Waals surface area contributed by atoms with E-state index < -0.39 is 12.1 Å². The molecule has 1 atom stereocenters. The van der Waals surface area contributed by atoms with Gasteiger partial charge < -0.3 is 22.5 Å². The van der Waals surface area contributed by atoms with E-state index in [4.69, 9.17) is 17.2 Å². The third-order valence-electron chi connectivity index (χ3n) is 3.77. The summed E-state index contributed by atoms with van der Waals surface area (Å²) in [4.78, 5) is 41.1. The largest absolute Gasteiger partial charge is 0.370 e. The molecular weight excluding hydrogens is 322 g/mol. The highest BCUT2D eigenvalue weighted by Crippen LogP contribution is 2.31. The Morgan fingerprint density at radius 1 is 0.920 bits per heavy atom. The molecule has 2 aromatic carbocycles. The molecule has 25 heavy (non-hydrogen) atoms. The minimum absolute atomic E-state index is 0.122. The van der Waals surface area contributed by atoms with Crippen LogP contribution in [0.15, 0.2) is 47.5 Å². The van der Waals surface area contributed by atoms with Crippen LogP contribution in [0.2, 0.25) is 0 Å². The molecule has 1 unspecified atom stereocenters. The van der Waals surface area contributed by atoms with Gasteiger partial charge in [-0.2, -0.15) is 0 Å². The van der Waals surface area contributed by atoms with Crippen LogP contribution < -0.4 is 22.5 Å². The van der Waals surface area contributed by atoms with Crippen LogP contribution in [-0.2, 0) is 4.79 Å². The Balaban J connectivity index is 2.03. The van der Waals surface area contributed by atoms with Crippen molar-refractivity contribution in [3.63, 3.8) is 0 Å². The van der Waals surface area contributed by atoms with E-state index in [2.05, 4.69) is 10.3 Å². The number of hydrogen-bond acceptors (Lipinski definition) is 5. The molecule has 2 aromatic rings. The average molecular weight is 337 g/mol. The molecule has 126 valence electrons. The monoisotopic (exact) mass is 337 g/mol. The Hall–Kier alpha value is -3.52. The molecule has 0 heterocycles. The van der Waals surface area contributed by atoms with Gasteiger partial charge in [0.25, 0.3) is 5.91 Å². The van der Waals surface area contributed by atoms with Gasteiger partial charge in [-0.1, -0.05) is 36.4 Å². The first-order valence-electron chi connectivity index (χ1n) is 7.36. The smallest absolute Gasteiger partial charge is 0.263 e. The van der Waals surface area contributed by atoms with E-state index in [1.165, 1.54) is 12.1 Å². The van der Waals surface area contributed by atoms with Crippen molar-refractivity contribution >= 4 is 29.1 Å². The van der Waals surface area contributed by atoms with Gasteiger partial charge in [-0.05, 0) is 6.07 Å². The molecule has 0 radical (unpaired) electrons. The molecule has 1 aliphatic carbocycles. The molecule has 1 aliphatic rings. The zero-order valence-electron chi connectivity index (χ0n) is 13.0. The van der Waals surface area contributed by atoms with E-state index in [9.17, 15) is 14.4 Å². The lowest BCUT2D eigenvalue weighted by atomic mass is 9.83. The fourth-order valence-corrected chi connectivity index (χ4v) is 2.68. The van der Waals surface area contributed by atoms with Crippen molar-refractivity contribution in [3.8, 4) is 0 Å². The molecule has 1 amide bonds. The van der Waals surface area contributed by atoms with Crippen molar-refractivity contribution in [1.82, 2.24) is 0 Å². The van der Waals surface area contributed by atoms with Gasteiger partial charge >= 0.3 is 0 Å². The lowest BCUT2D eigenvalue weighted by Crippen LogP contribution is -2.38. The minimum Gasteiger partial charge on any atom is -0.370 e. The van der Waals surface area contributed by atoms with E-state index in [0.29, 0.717) is 5.56 Å². The number of nitrogens with zero attached hydrogens (tertiary/aromatic N) is 1. The third kappa shape index (κ3) is 2.86. The first-order chi connectivity index (χ1) is 11.9. The molecule has 0 aromatic heterocycles. The van der Waals surface area contributed by atoms with Gasteiger partial charge in [-0.15, -0.1) is 0 Å². The molecule has 3 rings (SSSR count). The summed E-state index contributed by atoms with van der Waals surface area (Å²) in [7, 11) is 0. The Labute approximate surface area is 142 Å². The first-order valence-corrected chi connectivity index (χ1v) is 7.36. The third-order valence-corrected chi connectivity index (χ3v) is 3.77. The van der Waals surface area contributed by atoms with E-state index in [0.717, 1.165) is 0 Å². The number of aliphatic imine (C=N–C) groups is 1. The molecule has 0 fully saturated rings. The number of fused-ring (bicyclic) bond motifs is 2. The van der Waals surface area contributed by atoms with Gasteiger partial charge in [0, 0.05) is 16.7 Å². The summed E-state index contributed by atoms with van der Waals surface area (Å²) in [5.41, 5.74) is 17.1. The van der Waals surface area contributed by atoms with Crippen molar-refractivity contribution < 1.29 is 14.4 Å². The van der Waals surface area contributed by atoms with Gasteiger partial charge in [0.15, 0.2) is 23.7 Å². The molecule has 0 saturated carbocycles. The van der Waals surface area contributed by atoms with Crippen molar-refractivity contribution in [2.24, 2.45) is 22.2 Å². The van der Waals surface area contributed by atoms with Crippen LogP contribution in [0.4, 0.5) is 5.69 Å². The maximum absolute atomic E-state index is 12.8. The minimum atomic E-state index is -1.33. The summed E-state index contributed by atoms with van der Waals surface area (Å²) in [6.07, 6.45) is -1.33. The molecule has 8 nitrogen and oxygen atoms in total. The predicted molar refractivity (Wildman–Crippen MR) is 92.2 cm³/mol. The topological polar surface area (TPSA) is 154 Å². The van der Waals surface area contributed by atoms with Crippen molar-refractivity contribution in [2.75, 3.05) is 5.32 Å². The van der Waals surface area contributed by atoms with Crippen LogP contribution in [-0.4, -0.2) is 29.6 Å². The molecule has 0 saturated heterocycles. The molecule has 7 N–H and O–H groups in total. The van der Waals surface area contributed by atoms with Crippen LogP contribution in [0.5, 0.6) is 0 Å². The predicted octanol–water partition coefficient (Wildman–Crippen LogP) is -0.0413. The lowest BCUT2D eigenvalue weighted by molar-refractivity contribution is -0.117. The molecule has 8 heteroatoms. The number of rotatable bonds is 3. The maximum Gasteiger partial charge on any atom is 0.263 e. The first kappa shape index (κ1) is 16.3. The zero-order chi connectivity index (χ0) is 18.1. The van der Waals surface area contributed by atoms with E-state index >= 15 is 0 Å². The van der Waals surface area contributed by atoms with E-state index in [-0.39, 0.29) is 39.9 Å². The zero-order valence-corrected chi connectivity index (χ0v) is 13.0. The van der Waals surface area contributed by atoms with Gasteiger partial charge in [-0.25, -0.2) is 4.99 Å². The lowest BCUT2D eigenvalue weighted by Gasteiger charge is -2.20. The van der Waals surface area contributed by atoms with E-state index in [1.54, 1.807) is 30.3 Å². The van der Waals surface area contributed by atoms with Crippen LogP contribution >= 0.6 is 0 Å². The number of hydrogen-bond donors (Lipinski definition) is 4. The average Bonchev–Trinajstić information content (AvgIpc) is 2.59. The molecule has 0 bridgehead atoms. The number of carbonyl (C=O) groups excluding carboxylic acids is 3. The highest BCUT2D eigenvalue weighted by molar-refractivity contribution is 6.30. The molecule has 0 aliphatic heterocycles. The Kier molecular flexibility index (Phi) is 4.04. The van der Waals surface area contributed by atoms with Gasteiger partial charge in [0.2, 0.25) is 0 Å². The number of nitrogens with two attached hydrogens (primary N) is 3. The highest BCUT2D eigenvalue weighted by Gasteiger charge is 2.31.